The van der Waals surface area contributed by atoms with Crippen LogP contribution in [0.4, 0.5) is 0 Å². The van der Waals surface area contributed by atoms with Crippen molar-refractivity contribution in [1.82, 2.24) is 5.32 Å². The number of fused-ring (bicyclic) bond motifs is 2. The Balaban J connectivity index is 2.07. The summed E-state index contributed by atoms with van der Waals surface area (Å²) in [5, 5.41) is 3.35. The molecule has 0 amide bonds. The zero-order valence-electron chi connectivity index (χ0n) is 11.1. The van der Waals surface area contributed by atoms with Crippen LogP contribution in [-0.2, 0) is 0 Å². The second kappa shape index (κ2) is 4.94. The van der Waals surface area contributed by atoms with Gasteiger partial charge >= 0.3 is 0 Å². The predicted molar refractivity (Wildman–Crippen MR) is 75.0 cm³/mol. The van der Waals surface area contributed by atoms with Crippen molar-refractivity contribution in [2.24, 2.45) is 0 Å². The summed E-state index contributed by atoms with van der Waals surface area (Å²) in [5.74, 6) is 2.61. The molecule has 0 saturated heterocycles. The maximum absolute atomic E-state index is 5.98. The third-order valence-electron chi connectivity index (χ3n) is 3.35. The minimum absolute atomic E-state index is 0.163. The zero-order valence-corrected chi connectivity index (χ0v) is 11.1. The molecular formula is C16H17NO2. The van der Waals surface area contributed by atoms with Gasteiger partial charge in [-0.3, -0.25) is 0 Å². The van der Waals surface area contributed by atoms with Crippen molar-refractivity contribution in [2.75, 3.05) is 13.7 Å². The lowest BCUT2D eigenvalue weighted by molar-refractivity contribution is 0.336. The Morgan fingerprint density at radius 3 is 2.68 bits per heavy atom. The third-order valence-corrected chi connectivity index (χ3v) is 3.35. The minimum Gasteiger partial charge on any atom is -0.494 e. The fourth-order valence-corrected chi connectivity index (χ4v) is 2.51. The molecule has 0 aliphatic carbocycles. The number of para-hydroxylation sites is 1. The molecule has 1 unspecified atom stereocenters. The average Bonchev–Trinajstić information content (AvgIpc) is 2.45. The minimum atomic E-state index is 0.163. The van der Waals surface area contributed by atoms with Gasteiger partial charge in [0.05, 0.1) is 12.6 Å². The molecule has 1 aliphatic heterocycles. The van der Waals surface area contributed by atoms with E-state index in [2.05, 4.69) is 17.4 Å². The van der Waals surface area contributed by atoms with Crippen LogP contribution in [0.2, 0.25) is 0 Å². The van der Waals surface area contributed by atoms with Gasteiger partial charge in [0.2, 0.25) is 0 Å². The summed E-state index contributed by atoms with van der Waals surface area (Å²) in [6, 6.07) is 14.3. The Bertz CT molecular complexity index is 595. The molecule has 98 valence electrons. The molecule has 2 aromatic rings. The fraction of sp³-hybridized carbons (Fsp3) is 0.250. The Morgan fingerprint density at radius 1 is 1.11 bits per heavy atom. The quantitative estimate of drug-likeness (QED) is 0.910. The first-order valence-electron chi connectivity index (χ1n) is 6.54. The van der Waals surface area contributed by atoms with Crippen LogP contribution >= 0.6 is 0 Å². The van der Waals surface area contributed by atoms with Crippen LogP contribution in [0.1, 0.15) is 24.1 Å². The summed E-state index contributed by atoms with van der Waals surface area (Å²) in [4.78, 5) is 0. The standard InChI is InChI=1S/C16H17NO2/c1-3-18-11-8-9-13-15(10-11)19-14-7-5-4-6-12(14)16(13)17-2/h4-10,16-17H,3H2,1-2H3. The number of ether oxygens (including phenoxy) is 2. The van der Waals surface area contributed by atoms with E-state index in [4.69, 9.17) is 9.47 Å². The molecule has 0 aromatic heterocycles. The molecule has 0 radical (unpaired) electrons. The first kappa shape index (κ1) is 12.1. The monoisotopic (exact) mass is 255 g/mol. The Labute approximate surface area is 113 Å². The van der Waals surface area contributed by atoms with Crippen LogP contribution in [0.25, 0.3) is 0 Å². The summed E-state index contributed by atoms with van der Waals surface area (Å²) in [6.45, 7) is 2.64. The highest BCUT2D eigenvalue weighted by Crippen LogP contribution is 2.43. The SMILES string of the molecule is CCOc1ccc2c(c1)Oc1ccccc1C2NC. The topological polar surface area (TPSA) is 30.5 Å². The van der Waals surface area contributed by atoms with Crippen LogP contribution in [0.15, 0.2) is 42.5 Å². The first-order chi connectivity index (χ1) is 9.33. The van der Waals surface area contributed by atoms with E-state index in [1.807, 2.05) is 44.3 Å². The van der Waals surface area contributed by atoms with E-state index in [-0.39, 0.29) is 6.04 Å². The molecule has 3 nitrogen and oxygen atoms in total. The van der Waals surface area contributed by atoms with Gasteiger partial charge in [0.1, 0.15) is 17.2 Å². The number of benzene rings is 2. The molecular weight excluding hydrogens is 238 g/mol. The molecule has 1 N–H and O–H groups in total. The largest absolute Gasteiger partial charge is 0.494 e. The molecule has 2 aromatic carbocycles. The van der Waals surface area contributed by atoms with Crippen LogP contribution in [-0.4, -0.2) is 13.7 Å². The van der Waals surface area contributed by atoms with Crippen molar-refractivity contribution in [3.05, 3.63) is 53.6 Å². The van der Waals surface area contributed by atoms with Crippen LogP contribution in [0.3, 0.4) is 0 Å². The van der Waals surface area contributed by atoms with E-state index in [1.165, 1.54) is 5.56 Å². The second-order valence-electron chi connectivity index (χ2n) is 4.49. The fourth-order valence-electron chi connectivity index (χ4n) is 2.51. The van der Waals surface area contributed by atoms with E-state index in [0.717, 1.165) is 22.8 Å². The maximum Gasteiger partial charge on any atom is 0.136 e. The molecule has 3 heteroatoms. The van der Waals surface area contributed by atoms with Crippen molar-refractivity contribution in [3.63, 3.8) is 0 Å². The van der Waals surface area contributed by atoms with Gasteiger partial charge in [-0.1, -0.05) is 18.2 Å². The first-order valence-corrected chi connectivity index (χ1v) is 6.54. The van der Waals surface area contributed by atoms with Crippen molar-refractivity contribution in [3.8, 4) is 17.2 Å². The van der Waals surface area contributed by atoms with Crippen LogP contribution in [0.5, 0.6) is 17.2 Å². The zero-order chi connectivity index (χ0) is 13.2. The lowest BCUT2D eigenvalue weighted by atomic mass is 9.95. The average molecular weight is 255 g/mol. The highest BCUT2D eigenvalue weighted by molar-refractivity contribution is 5.54. The Morgan fingerprint density at radius 2 is 1.89 bits per heavy atom. The number of hydrogen-bond acceptors (Lipinski definition) is 3. The van der Waals surface area contributed by atoms with Gasteiger partial charge in [0.25, 0.3) is 0 Å². The number of rotatable bonds is 3. The molecule has 1 atom stereocenters. The lowest BCUT2D eigenvalue weighted by Crippen LogP contribution is -2.21. The van der Waals surface area contributed by atoms with Gasteiger partial charge in [-0.2, -0.15) is 0 Å². The van der Waals surface area contributed by atoms with Crippen LogP contribution < -0.4 is 14.8 Å². The summed E-state index contributed by atoms with van der Waals surface area (Å²) in [6.07, 6.45) is 0. The normalized spacial score (nSPS) is 16.2. The summed E-state index contributed by atoms with van der Waals surface area (Å²) in [7, 11) is 1.97. The number of hydrogen-bond donors (Lipinski definition) is 1. The van der Waals surface area contributed by atoms with Gasteiger partial charge < -0.3 is 14.8 Å². The Kier molecular flexibility index (Phi) is 3.13. The molecule has 1 aliphatic rings. The summed E-state index contributed by atoms with van der Waals surface area (Å²) < 4.78 is 11.5. The molecule has 3 rings (SSSR count). The molecule has 19 heavy (non-hydrogen) atoms. The third kappa shape index (κ3) is 2.06. The molecule has 0 spiro atoms. The van der Waals surface area contributed by atoms with Crippen molar-refractivity contribution < 1.29 is 9.47 Å². The Hall–Kier alpha value is -2.00. The predicted octanol–water partition coefficient (Wildman–Crippen LogP) is 3.50. The smallest absolute Gasteiger partial charge is 0.136 e. The van der Waals surface area contributed by atoms with E-state index >= 15 is 0 Å². The van der Waals surface area contributed by atoms with Crippen molar-refractivity contribution >= 4 is 0 Å². The molecule has 0 bridgehead atoms. The van der Waals surface area contributed by atoms with E-state index in [9.17, 15) is 0 Å². The van der Waals surface area contributed by atoms with Gasteiger partial charge in [-0.05, 0) is 32.2 Å². The number of nitrogens with one attached hydrogen (secondary N) is 1. The second-order valence-corrected chi connectivity index (χ2v) is 4.49. The van der Waals surface area contributed by atoms with E-state index in [1.54, 1.807) is 0 Å². The van der Waals surface area contributed by atoms with Crippen LogP contribution in [0, 0.1) is 0 Å². The summed E-state index contributed by atoms with van der Waals surface area (Å²) in [5.41, 5.74) is 2.31. The summed E-state index contributed by atoms with van der Waals surface area (Å²) >= 11 is 0. The molecule has 0 saturated carbocycles. The van der Waals surface area contributed by atoms with Gasteiger partial charge in [-0.15, -0.1) is 0 Å². The highest BCUT2D eigenvalue weighted by Gasteiger charge is 2.25. The van der Waals surface area contributed by atoms with Gasteiger partial charge in [0, 0.05) is 17.2 Å². The van der Waals surface area contributed by atoms with E-state index < -0.39 is 0 Å². The van der Waals surface area contributed by atoms with Crippen molar-refractivity contribution in [2.45, 2.75) is 13.0 Å². The molecule has 1 heterocycles. The van der Waals surface area contributed by atoms with Gasteiger partial charge in [0.15, 0.2) is 0 Å². The molecule has 0 fully saturated rings. The lowest BCUT2D eigenvalue weighted by Gasteiger charge is -2.28. The van der Waals surface area contributed by atoms with Crippen molar-refractivity contribution in [1.29, 1.82) is 0 Å². The maximum atomic E-state index is 5.98. The van der Waals surface area contributed by atoms with Gasteiger partial charge in [-0.25, -0.2) is 0 Å². The highest BCUT2D eigenvalue weighted by atomic mass is 16.5. The van der Waals surface area contributed by atoms with E-state index in [0.29, 0.717) is 6.61 Å².